The third-order valence-electron chi connectivity index (χ3n) is 6.60. The molecule has 1 unspecified atom stereocenters. The number of benzene rings is 2. The molecular formula is C26H30N4O3. The second kappa shape index (κ2) is 10.5. The summed E-state index contributed by atoms with van der Waals surface area (Å²) in [5.74, 6) is 1.10. The molecule has 2 saturated heterocycles. The lowest BCUT2D eigenvalue weighted by Gasteiger charge is -2.26. The lowest BCUT2D eigenvalue weighted by atomic mass is 10.1. The Kier molecular flexibility index (Phi) is 7.26. The van der Waals surface area contributed by atoms with Crippen molar-refractivity contribution in [1.82, 2.24) is 9.80 Å². The molecule has 2 fully saturated rings. The van der Waals surface area contributed by atoms with Crippen molar-refractivity contribution >= 4 is 17.5 Å². The molecule has 1 atom stereocenters. The van der Waals surface area contributed by atoms with Crippen molar-refractivity contribution in [2.45, 2.75) is 31.7 Å². The molecule has 0 saturated carbocycles. The van der Waals surface area contributed by atoms with Crippen LogP contribution in [0.15, 0.2) is 48.5 Å². The molecule has 2 aliphatic rings. The standard InChI is InChI=1S/C26H30N4O3/c1-33-23-10-5-20(6-11-23)7-12-25(31)29-15-2-14-28(17-18-29)24-13-16-30(26(24)32)22-8-3-21(19-27)4-9-22/h3-6,8-11,24H,2,7,12-18H2,1H3. The molecular weight excluding hydrogens is 416 g/mol. The van der Waals surface area contributed by atoms with E-state index in [2.05, 4.69) is 11.0 Å². The van der Waals surface area contributed by atoms with Gasteiger partial charge in [-0.2, -0.15) is 5.26 Å². The van der Waals surface area contributed by atoms with Crippen LogP contribution in [0.1, 0.15) is 30.4 Å². The minimum absolute atomic E-state index is 0.110. The van der Waals surface area contributed by atoms with Gasteiger partial charge in [-0.25, -0.2) is 0 Å². The first-order valence-electron chi connectivity index (χ1n) is 11.6. The fourth-order valence-corrected chi connectivity index (χ4v) is 4.68. The SMILES string of the molecule is COc1ccc(CCC(=O)N2CCCN(C3CCN(c4ccc(C#N)cc4)C3=O)CC2)cc1. The Morgan fingerprint density at radius 1 is 1.03 bits per heavy atom. The summed E-state index contributed by atoms with van der Waals surface area (Å²) >= 11 is 0. The van der Waals surface area contributed by atoms with Crippen molar-refractivity contribution < 1.29 is 14.3 Å². The van der Waals surface area contributed by atoms with Crippen LogP contribution in [0.2, 0.25) is 0 Å². The molecule has 4 rings (SSSR count). The van der Waals surface area contributed by atoms with Gasteiger partial charge in [-0.1, -0.05) is 12.1 Å². The molecule has 2 aromatic carbocycles. The summed E-state index contributed by atoms with van der Waals surface area (Å²) in [6, 6.07) is 17.0. The van der Waals surface area contributed by atoms with Gasteiger partial charge < -0.3 is 14.5 Å². The number of hydrogen-bond donors (Lipinski definition) is 0. The smallest absolute Gasteiger partial charge is 0.244 e. The molecule has 0 bridgehead atoms. The number of ether oxygens (including phenoxy) is 1. The Bertz CT molecular complexity index is 1010. The zero-order valence-electron chi connectivity index (χ0n) is 19.1. The molecule has 7 nitrogen and oxygen atoms in total. The maximum atomic E-state index is 13.1. The van der Waals surface area contributed by atoms with Gasteiger partial charge in [0.15, 0.2) is 0 Å². The molecule has 33 heavy (non-hydrogen) atoms. The number of nitrogens with zero attached hydrogens (tertiary/aromatic N) is 4. The van der Waals surface area contributed by atoms with Gasteiger partial charge in [-0.05, 0) is 61.2 Å². The summed E-state index contributed by atoms with van der Waals surface area (Å²) in [6.07, 6.45) is 2.85. The fourth-order valence-electron chi connectivity index (χ4n) is 4.68. The molecule has 0 aromatic heterocycles. The predicted octanol–water partition coefficient (Wildman–Crippen LogP) is 2.84. The van der Waals surface area contributed by atoms with E-state index in [1.165, 1.54) is 0 Å². The van der Waals surface area contributed by atoms with Crippen LogP contribution in [-0.2, 0) is 16.0 Å². The lowest BCUT2D eigenvalue weighted by Crippen LogP contribution is -2.44. The molecule has 0 spiro atoms. The summed E-state index contributed by atoms with van der Waals surface area (Å²) in [7, 11) is 1.64. The summed E-state index contributed by atoms with van der Waals surface area (Å²) in [6.45, 7) is 3.60. The molecule has 7 heteroatoms. The van der Waals surface area contributed by atoms with E-state index in [9.17, 15) is 9.59 Å². The Hall–Kier alpha value is -3.37. The zero-order chi connectivity index (χ0) is 23.2. The topological polar surface area (TPSA) is 76.9 Å². The van der Waals surface area contributed by atoms with Gasteiger partial charge >= 0.3 is 0 Å². The summed E-state index contributed by atoms with van der Waals surface area (Å²) < 4.78 is 5.19. The van der Waals surface area contributed by atoms with Crippen LogP contribution in [0.5, 0.6) is 5.75 Å². The van der Waals surface area contributed by atoms with Crippen molar-refractivity contribution in [3.63, 3.8) is 0 Å². The highest BCUT2D eigenvalue weighted by Crippen LogP contribution is 2.25. The minimum Gasteiger partial charge on any atom is -0.497 e. The average molecular weight is 447 g/mol. The van der Waals surface area contributed by atoms with Crippen LogP contribution in [0.4, 0.5) is 5.69 Å². The van der Waals surface area contributed by atoms with Gasteiger partial charge in [0.25, 0.3) is 0 Å². The van der Waals surface area contributed by atoms with Crippen molar-refractivity contribution in [2.75, 3.05) is 44.7 Å². The highest BCUT2D eigenvalue weighted by atomic mass is 16.5. The van der Waals surface area contributed by atoms with Gasteiger partial charge in [0.05, 0.1) is 24.8 Å². The average Bonchev–Trinajstić information content (AvgIpc) is 3.07. The van der Waals surface area contributed by atoms with Gasteiger partial charge in [-0.3, -0.25) is 14.5 Å². The van der Waals surface area contributed by atoms with E-state index in [0.29, 0.717) is 38.0 Å². The summed E-state index contributed by atoms with van der Waals surface area (Å²) in [4.78, 5) is 31.9. The number of nitriles is 1. The molecule has 2 heterocycles. The third-order valence-corrected chi connectivity index (χ3v) is 6.60. The Morgan fingerprint density at radius 2 is 1.79 bits per heavy atom. The molecule has 0 N–H and O–H groups in total. The largest absolute Gasteiger partial charge is 0.497 e. The lowest BCUT2D eigenvalue weighted by molar-refractivity contribution is -0.131. The van der Waals surface area contributed by atoms with Crippen LogP contribution in [-0.4, -0.2) is 67.5 Å². The van der Waals surface area contributed by atoms with E-state index >= 15 is 0 Å². The first-order chi connectivity index (χ1) is 16.1. The third kappa shape index (κ3) is 5.35. The Labute approximate surface area is 195 Å². The highest BCUT2D eigenvalue weighted by molar-refractivity contribution is 5.99. The van der Waals surface area contributed by atoms with E-state index in [-0.39, 0.29) is 17.9 Å². The molecule has 2 aliphatic heterocycles. The Balaban J connectivity index is 1.29. The highest BCUT2D eigenvalue weighted by Gasteiger charge is 2.37. The van der Waals surface area contributed by atoms with E-state index in [4.69, 9.17) is 10.00 Å². The molecule has 0 aliphatic carbocycles. The molecule has 0 radical (unpaired) electrons. The monoisotopic (exact) mass is 446 g/mol. The van der Waals surface area contributed by atoms with Gasteiger partial charge in [0.2, 0.25) is 11.8 Å². The quantitative estimate of drug-likeness (QED) is 0.682. The van der Waals surface area contributed by atoms with Gasteiger partial charge in [0.1, 0.15) is 5.75 Å². The van der Waals surface area contributed by atoms with Crippen LogP contribution < -0.4 is 9.64 Å². The zero-order valence-corrected chi connectivity index (χ0v) is 19.1. The first-order valence-corrected chi connectivity index (χ1v) is 11.6. The molecule has 172 valence electrons. The van der Waals surface area contributed by atoms with E-state index in [1.54, 1.807) is 19.2 Å². The van der Waals surface area contributed by atoms with E-state index < -0.39 is 0 Å². The van der Waals surface area contributed by atoms with Crippen molar-refractivity contribution in [3.8, 4) is 11.8 Å². The number of aryl methyl sites for hydroxylation is 1. The number of hydrogen-bond acceptors (Lipinski definition) is 5. The first kappa shape index (κ1) is 22.8. The normalized spacial score (nSPS) is 19.3. The maximum Gasteiger partial charge on any atom is 0.244 e. The number of rotatable bonds is 6. The van der Waals surface area contributed by atoms with E-state index in [1.807, 2.05) is 46.2 Å². The second-order valence-corrected chi connectivity index (χ2v) is 8.57. The minimum atomic E-state index is -0.144. The Morgan fingerprint density at radius 3 is 2.48 bits per heavy atom. The van der Waals surface area contributed by atoms with Crippen molar-refractivity contribution in [2.24, 2.45) is 0 Å². The number of carbonyl (C=O) groups is 2. The van der Waals surface area contributed by atoms with Crippen LogP contribution in [0, 0.1) is 11.3 Å². The molecule has 2 amide bonds. The van der Waals surface area contributed by atoms with Crippen LogP contribution in [0.25, 0.3) is 0 Å². The summed E-state index contributed by atoms with van der Waals surface area (Å²) in [5, 5.41) is 8.99. The predicted molar refractivity (Wildman–Crippen MR) is 126 cm³/mol. The maximum absolute atomic E-state index is 13.1. The number of carbonyl (C=O) groups excluding carboxylic acids is 2. The second-order valence-electron chi connectivity index (χ2n) is 8.57. The van der Waals surface area contributed by atoms with Gasteiger partial charge in [0, 0.05) is 44.8 Å². The van der Waals surface area contributed by atoms with E-state index in [0.717, 1.165) is 42.9 Å². The van der Waals surface area contributed by atoms with Gasteiger partial charge in [-0.15, -0.1) is 0 Å². The fraction of sp³-hybridized carbons (Fsp3) is 0.423. The van der Waals surface area contributed by atoms with Crippen LogP contribution in [0.3, 0.4) is 0 Å². The van der Waals surface area contributed by atoms with Crippen molar-refractivity contribution in [3.05, 3.63) is 59.7 Å². The van der Waals surface area contributed by atoms with Crippen LogP contribution >= 0.6 is 0 Å². The summed E-state index contributed by atoms with van der Waals surface area (Å²) in [5.41, 5.74) is 2.55. The number of amides is 2. The number of methoxy groups -OCH3 is 1. The van der Waals surface area contributed by atoms with Crippen molar-refractivity contribution in [1.29, 1.82) is 5.26 Å². The molecule has 2 aromatic rings. The number of anilines is 1.